The summed E-state index contributed by atoms with van der Waals surface area (Å²) in [6.07, 6.45) is -0.352. The van der Waals surface area contributed by atoms with Gasteiger partial charge in [0.15, 0.2) is 11.5 Å². The maximum Gasteiger partial charge on any atom is 0.338 e. The lowest BCUT2D eigenvalue weighted by atomic mass is 10.1. The third kappa shape index (κ3) is 4.34. The molecule has 28 heavy (non-hydrogen) atoms. The molecule has 0 aliphatic carbocycles. The zero-order valence-electron chi connectivity index (χ0n) is 16.4. The maximum absolute atomic E-state index is 12.5. The van der Waals surface area contributed by atoms with Gasteiger partial charge < -0.3 is 18.7 Å². The van der Waals surface area contributed by atoms with Crippen molar-refractivity contribution in [2.45, 2.75) is 33.5 Å². The number of hydrogen-bond acceptors (Lipinski definition) is 6. The predicted octanol–water partition coefficient (Wildman–Crippen LogP) is 4.80. The van der Waals surface area contributed by atoms with Gasteiger partial charge >= 0.3 is 5.97 Å². The third-order valence-corrected chi connectivity index (χ3v) is 4.51. The lowest BCUT2D eigenvalue weighted by Crippen LogP contribution is -2.09. The maximum atomic E-state index is 12.5. The molecule has 0 aliphatic rings. The lowest BCUT2D eigenvalue weighted by molar-refractivity contribution is 0.0337. The summed E-state index contributed by atoms with van der Waals surface area (Å²) in [6.45, 7) is 5.83. The molecule has 0 bridgehead atoms. The molecule has 0 N–H and O–H groups in total. The molecule has 1 heterocycles. The van der Waals surface area contributed by atoms with Crippen LogP contribution in [0.15, 0.2) is 53.1 Å². The van der Waals surface area contributed by atoms with Gasteiger partial charge in [-0.1, -0.05) is 35.5 Å². The van der Waals surface area contributed by atoms with Gasteiger partial charge in [0.05, 0.1) is 23.9 Å². The van der Waals surface area contributed by atoms with Crippen molar-refractivity contribution in [2.24, 2.45) is 0 Å². The molecule has 3 rings (SSSR count). The van der Waals surface area contributed by atoms with E-state index in [2.05, 4.69) is 5.16 Å². The minimum absolute atomic E-state index is 0.298. The zero-order chi connectivity index (χ0) is 20.1. The number of benzene rings is 2. The van der Waals surface area contributed by atoms with E-state index in [0.717, 1.165) is 16.8 Å². The molecule has 0 unspecified atom stereocenters. The Hall–Kier alpha value is -3.28. The molecule has 6 nitrogen and oxygen atoms in total. The standard InChI is InChI=1S/C22H23NO5/c1-14-19(16(3)28-23-14)13-26-20-11-10-18(12-21(20)25-4)22(24)27-15(2)17-8-6-5-7-9-17/h5-12,15H,13H2,1-4H3/t15-/m0/s1. The van der Waals surface area contributed by atoms with Crippen LogP contribution in [0, 0.1) is 13.8 Å². The van der Waals surface area contributed by atoms with Gasteiger partial charge in [-0.05, 0) is 44.5 Å². The molecule has 0 saturated heterocycles. The Balaban J connectivity index is 1.71. The first-order valence-electron chi connectivity index (χ1n) is 8.98. The highest BCUT2D eigenvalue weighted by atomic mass is 16.5. The quantitative estimate of drug-likeness (QED) is 0.548. The van der Waals surface area contributed by atoms with Crippen molar-refractivity contribution in [1.82, 2.24) is 5.16 Å². The fraction of sp³-hybridized carbons (Fsp3) is 0.273. The highest BCUT2D eigenvalue weighted by Crippen LogP contribution is 2.30. The first-order valence-corrected chi connectivity index (χ1v) is 8.98. The van der Waals surface area contributed by atoms with Gasteiger partial charge in [-0.25, -0.2) is 4.79 Å². The molecular formula is C22H23NO5. The van der Waals surface area contributed by atoms with Gasteiger partial charge in [0.25, 0.3) is 0 Å². The molecule has 0 aliphatic heterocycles. The van der Waals surface area contributed by atoms with E-state index >= 15 is 0 Å². The van der Waals surface area contributed by atoms with E-state index < -0.39 is 5.97 Å². The molecule has 0 spiro atoms. The predicted molar refractivity (Wildman–Crippen MR) is 104 cm³/mol. The normalized spacial score (nSPS) is 11.7. The number of carbonyl (C=O) groups is 1. The van der Waals surface area contributed by atoms with Gasteiger partial charge in [-0.2, -0.15) is 0 Å². The Morgan fingerprint density at radius 2 is 1.86 bits per heavy atom. The van der Waals surface area contributed by atoms with Crippen LogP contribution in [0.1, 0.15) is 46.0 Å². The number of ether oxygens (including phenoxy) is 3. The van der Waals surface area contributed by atoms with Crippen LogP contribution in [0.2, 0.25) is 0 Å². The molecule has 0 radical (unpaired) electrons. The van der Waals surface area contributed by atoms with Gasteiger partial charge in [0.2, 0.25) is 0 Å². The minimum Gasteiger partial charge on any atom is -0.493 e. The van der Waals surface area contributed by atoms with E-state index in [1.165, 1.54) is 7.11 Å². The number of esters is 1. The van der Waals surface area contributed by atoms with Crippen LogP contribution in [0.25, 0.3) is 0 Å². The van der Waals surface area contributed by atoms with Crippen LogP contribution >= 0.6 is 0 Å². The molecule has 6 heteroatoms. The topological polar surface area (TPSA) is 70.8 Å². The van der Waals surface area contributed by atoms with Crippen molar-refractivity contribution in [1.29, 1.82) is 0 Å². The summed E-state index contributed by atoms with van der Waals surface area (Å²) >= 11 is 0. The average Bonchev–Trinajstić information content (AvgIpc) is 3.04. The Morgan fingerprint density at radius 3 is 2.50 bits per heavy atom. The smallest absolute Gasteiger partial charge is 0.338 e. The second kappa shape index (κ2) is 8.61. The number of aromatic nitrogens is 1. The fourth-order valence-electron chi connectivity index (χ4n) is 2.79. The van der Waals surface area contributed by atoms with Gasteiger partial charge in [0.1, 0.15) is 18.5 Å². The number of methoxy groups -OCH3 is 1. The Morgan fingerprint density at radius 1 is 1.11 bits per heavy atom. The number of carbonyl (C=O) groups excluding carboxylic acids is 1. The van der Waals surface area contributed by atoms with E-state index in [0.29, 0.717) is 29.4 Å². The monoisotopic (exact) mass is 381 g/mol. The molecule has 0 amide bonds. The molecule has 146 valence electrons. The van der Waals surface area contributed by atoms with Crippen LogP contribution in [0.3, 0.4) is 0 Å². The molecule has 1 atom stereocenters. The van der Waals surface area contributed by atoms with E-state index in [1.54, 1.807) is 18.2 Å². The minimum atomic E-state index is -0.424. The number of rotatable bonds is 7. The Labute approximate surface area is 164 Å². The van der Waals surface area contributed by atoms with Crippen LogP contribution < -0.4 is 9.47 Å². The van der Waals surface area contributed by atoms with E-state index in [4.69, 9.17) is 18.7 Å². The van der Waals surface area contributed by atoms with Crippen LogP contribution in [0.5, 0.6) is 11.5 Å². The zero-order valence-corrected chi connectivity index (χ0v) is 16.4. The summed E-state index contributed by atoms with van der Waals surface area (Å²) in [7, 11) is 1.53. The summed E-state index contributed by atoms with van der Waals surface area (Å²) in [5.41, 5.74) is 3.00. The van der Waals surface area contributed by atoms with Crippen LogP contribution in [0.4, 0.5) is 0 Å². The summed E-state index contributed by atoms with van der Waals surface area (Å²) in [6, 6.07) is 14.6. The van der Waals surface area contributed by atoms with Crippen molar-refractivity contribution < 1.29 is 23.5 Å². The van der Waals surface area contributed by atoms with Crippen LogP contribution in [-0.2, 0) is 11.3 Å². The Kier molecular flexibility index (Phi) is 5.99. The number of nitrogens with zero attached hydrogens (tertiary/aromatic N) is 1. The van der Waals surface area contributed by atoms with Gasteiger partial charge in [0, 0.05) is 0 Å². The third-order valence-electron chi connectivity index (χ3n) is 4.51. The van der Waals surface area contributed by atoms with Gasteiger partial charge in [-0.3, -0.25) is 0 Å². The van der Waals surface area contributed by atoms with E-state index in [1.807, 2.05) is 51.1 Å². The second-order valence-corrected chi connectivity index (χ2v) is 6.42. The van der Waals surface area contributed by atoms with Crippen molar-refractivity contribution in [3.63, 3.8) is 0 Å². The SMILES string of the molecule is COc1cc(C(=O)O[C@@H](C)c2ccccc2)ccc1OCc1c(C)noc1C. The molecule has 0 saturated carbocycles. The Bertz CT molecular complexity index is 929. The molecule has 3 aromatic rings. The van der Waals surface area contributed by atoms with E-state index in [-0.39, 0.29) is 6.10 Å². The molecule has 0 fully saturated rings. The number of aryl methyl sites for hydroxylation is 2. The molecule has 2 aromatic carbocycles. The van der Waals surface area contributed by atoms with Crippen LogP contribution in [-0.4, -0.2) is 18.2 Å². The second-order valence-electron chi connectivity index (χ2n) is 6.42. The summed E-state index contributed by atoms with van der Waals surface area (Å²) in [5.74, 6) is 1.27. The first-order chi connectivity index (χ1) is 13.5. The summed E-state index contributed by atoms with van der Waals surface area (Å²) < 4.78 is 21.9. The first kappa shape index (κ1) is 19.5. The molecular weight excluding hydrogens is 358 g/mol. The highest BCUT2D eigenvalue weighted by Gasteiger charge is 2.17. The lowest BCUT2D eigenvalue weighted by Gasteiger charge is -2.15. The van der Waals surface area contributed by atoms with Crippen molar-refractivity contribution >= 4 is 5.97 Å². The highest BCUT2D eigenvalue weighted by molar-refractivity contribution is 5.90. The summed E-state index contributed by atoms with van der Waals surface area (Å²) in [4.78, 5) is 12.5. The van der Waals surface area contributed by atoms with Crippen molar-refractivity contribution in [3.8, 4) is 11.5 Å². The van der Waals surface area contributed by atoms with Crippen molar-refractivity contribution in [3.05, 3.63) is 76.7 Å². The molecule has 1 aromatic heterocycles. The largest absolute Gasteiger partial charge is 0.493 e. The average molecular weight is 381 g/mol. The van der Waals surface area contributed by atoms with Crippen molar-refractivity contribution in [2.75, 3.05) is 7.11 Å². The fourth-order valence-corrected chi connectivity index (χ4v) is 2.79. The van der Waals surface area contributed by atoms with E-state index in [9.17, 15) is 4.79 Å². The summed E-state index contributed by atoms with van der Waals surface area (Å²) in [5, 5.41) is 3.91. The number of hydrogen-bond donors (Lipinski definition) is 0. The van der Waals surface area contributed by atoms with Gasteiger partial charge in [-0.15, -0.1) is 0 Å².